The van der Waals surface area contributed by atoms with Gasteiger partial charge in [0.05, 0.1) is 29.3 Å². The first-order chi connectivity index (χ1) is 12.6. The van der Waals surface area contributed by atoms with Crippen LogP contribution in [0.2, 0.25) is 5.02 Å². The third kappa shape index (κ3) is 3.84. The molecule has 10 heteroatoms. The smallest absolute Gasteiger partial charge is 0.265 e. The summed E-state index contributed by atoms with van der Waals surface area (Å²) < 4.78 is 44.4. The molecule has 144 valence electrons. The molecule has 1 aromatic carbocycles. The van der Waals surface area contributed by atoms with E-state index in [9.17, 15) is 12.8 Å². The van der Waals surface area contributed by atoms with Crippen LogP contribution in [-0.2, 0) is 23.6 Å². The van der Waals surface area contributed by atoms with Gasteiger partial charge in [-0.15, -0.1) is 0 Å². The third-order valence-corrected chi connectivity index (χ3v) is 6.02. The summed E-state index contributed by atoms with van der Waals surface area (Å²) in [6, 6.07) is 4.13. The fourth-order valence-electron chi connectivity index (χ4n) is 2.84. The summed E-state index contributed by atoms with van der Waals surface area (Å²) in [5, 5.41) is 8.75. The summed E-state index contributed by atoms with van der Waals surface area (Å²) >= 11 is 6.08. The Kier molecular flexibility index (Phi) is 5.00. The largest absolute Gasteiger partial charge is 0.276 e. The first-order valence-corrected chi connectivity index (χ1v) is 9.95. The maximum absolute atomic E-state index is 13.2. The van der Waals surface area contributed by atoms with Crippen LogP contribution in [-0.4, -0.2) is 28.0 Å². The van der Waals surface area contributed by atoms with Gasteiger partial charge in [-0.1, -0.05) is 17.7 Å². The summed E-state index contributed by atoms with van der Waals surface area (Å²) in [5.41, 5.74) is 2.64. The molecule has 27 heavy (non-hydrogen) atoms. The van der Waals surface area contributed by atoms with E-state index >= 15 is 0 Å². The van der Waals surface area contributed by atoms with E-state index in [1.165, 1.54) is 23.0 Å². The minimum absolute atomic E-state index is 0.109. The van der Waals surface area contributed by atoms with Crippen molar-refractivity contribution < 1.29 is 12.8 Å². The van der Waals surface area contributed by atoms with Gasteiger partial charge in [-0.3, -0.25) is 14.1 Å². The van der Waals surface area contributed by atoms with Crippen LogP contribution < -0.4 is 4.72 Å². The van der Waals surface area contributed by atoms with Gasteiger partial charge < -0.3 is 0 Å². The number of aromatic nitrogens is 4. The minimum atomic E-state index is -3.80. The Labute approximate surface area is 161 Å². The van der Waals surface area contributed by atoms with E-state index in [1.807, 2.05) is 0 Å². The molecule has 3 rings (SSSR count). The van der Waals surface area contributed by atoms with E-state index in [4.69, 9.17) is 11.6 Å². The summed E-state index contributed by atoms with van der Waals surface area (Å²) in [6.07, 6.45) is 1.45. The van der Waals surface area contributed by atoms with Crippen molar-refractivity contribution in [2.45, 2.75) is 32.2 Å². The van der Waals surface area contributed by atoms with Crippen molar-refractivity contribution in [1.29, 1.82) is 0 Å². The third-order valence-electron chi connectivity index (χ3n) is 4.21. The van der Waals surface area contributed by atoms with Crippen LogP contribution in [0.25, 0.3) is 0 Å². The molecule has 0 aliphatic heterocycles. The zero-order chi connectivity index (χ0) is 19.9. The van der Waals surface area contributed by atoms with Crippen molar-refractivity contribution in [2.24, 2.45) is 7.05 Å². The van der Waals surface area contributed by atoms with Crippen LogP contribution in [0.3, 0.4) is 0 Å². The fourth-order valence-corrected chi connectivity index (χ4v) is 4.46. The maximum atomic E-state index is 13.2. The van der Waals surface area contributed by atoms with Gasteiger partial charge in [0.15, 0.2) is 0 Å². The number of nitrogens with zero attached hydrogens (tertiary/aromatic N) is 4. The second-order valence-corrected chi connectivity index (χ2v) is 8.36. The molecule has 0 saturated heterocycles. The normalized spacial score (nSPS) is 11.8. The topological polar surface area (TPSA) is 81.8 Å². The van der Waals surface area contributed by atoms with Crippen molar-refractivity contribution in [2.75, 3.05) is 4.72 Å². The van der Waals surface area contributed by atoms with Gasteiger partial charge in [-0.25, -0.2) is 12.8 Å². The molecule has 0 amide bonds. The van der Waals surface area contributed by atoms with E-state index in [-0.39, 0.29) is 9.92 Å². The quantitative estimate of drug-likeness (QED) is 0.699. The van der Waals surface area contributed by atoms with Crippen molar-refractivity contribution in [3.63, 3.8) is 0 Å². The molecule has 0 aliphatic carbocycles. The van der Waals surface area contributed by atoms with E-state index in [0.717, 1.165) is 0 Å². The van der Waals surface area contributed by atoms with Crippen LogP contribution in [0.5, 0.6) is 0 Å². The Morgan fingerprint density at radius 2 is 1.89 bits per heavy atom. The summed E-state index contributed by atoms with van der Waals surface area (Å²) in [5.74, 6) is -0.419. The van der Waals surface area contributed by atoms with Gasteiger partial charge in [0.1, 0.15) is 10.7 Å². The Bertz CT molecular complexity index is 1120. The highest BCUT2D eigenvalue weighted by Gasteiger charge is 2.23. The lowest BCUT2D eigenvalue weighted by Gasteiger charge is -2.09. The van der Waals surface area contributed by atoms with Crippen LogP contribution in [0.15, 0.2) is 29.3 Å². The molecule has 2 aromatic heterocycles. The number of sulfonamides is 1. The van der Waals surface area contributed by atoms with Gasteiger partial charge in [-0.05, 0) is 38.5 Å². The Morgan fingerprint density at radius 3 is 2.48 bits per heavy atom. The molecule has 0 aliphatic rings. The number of hydrogen-bond acceptors (Lipinski definition) is 4. The molecule has 1 N–H and O–H groups in total. The average Bonchev–Trinajstić information content (AvgIpc) is 3.04. The lowest BCUT2D eigenvalue weighted by molar-refractivity contribution is 0.600. The number of anilines is 1. The first-order valence-electron chi connectivity index (χ1n) is 8.09. The van der Waals surface area contributed by atoms with Crippen LogP contribution in [0.4, 0.5) is 10.1 Å². The summed E-state index contributed by atoms with van der Waals surface area (Å²) in [6.45, 7) is 5.39. The first kappa shape index (κ1) is 19.4. The summed E-state index contributed by atoms with van der Waals surface area (Å²) in [4.78, 5) is 0.109. The number of nitrogens with one attached hydrogen (secondary N) is 1. The molecule has 0 atom stereocenters. The molecule has 3 aromatic rings. The molecule has 0 fully saturated rings. The predicted molar refractivity (Wildman–Crippen MR) is 101 cm³/mol. The van der Waals surface area contributed by atoms with Gasteiger partial charge in [-0.2, -0.15) is 10.2 Å². The van der Waals surface area contributed by atoms with E-state index in [0.29, 0.717) is 34.9 Å². The Morgan fingerprint density at radius 1 is 1.19 bits per heavy atom. The van der Waals surface area contributed by atoms with Crippen LogP contribution in [0, 0.1) is 26.6 Å². The molecule has 0 spiro atoms. The van der Waals surface area contributed by atoms with Crippen LogP contribution in [0.1, 0.15) is 22.6 Å². The molecule has 2 heterocycles. The number of rotatable bonds is 5. The fraction of sp³-hybridized carbons (Fsp3) is 0.294. The van der Waals surface area contributed by atoms with Gasteiger partial charge in [0.2, 0.25) is 0 Å². The molecule has 0 radical (unpaired) electrons. The molecule has 0 saturated carbocycles. The van der Waals surface area contributed by atoms with E-state index < -0.39 is 15.8 Å². The average molecular weight is 412 g/mol. The number of hydrogen-bond donors (Lipinski definition) is 1. The highest BCUT2D eigenvalue weighted by atomic mass is 35.5. The van der Waals surface area contributed by atoms with Gasteiger partial charge in [0.25, 0.3) is 10.0 Å². The summed E-state index contributed by atoms with van der Waals surface area (Å²) in [7, 11) is -2.14. The monoisotopic (exact) mass is 411 g/mol. The van der Waals surface area contributed by atoms with Crippen molar-refractivity contribution >= 4 is 27.3 Å². The van der Waals surface area contributed by atoms with Gasteiger partial charge >= 0.3 is 0 Å². The Balaban J connectivity index is 1.93. The van der Waals surface area contributed by atoms with Crippen molar-refractivity contribution in [1.82, 2.24) is 19.6 Å². The second kappa shape index (κ2) is 6.97. The number of aryl methyl sites for hydroxylation is 3. The molecule has 0 bridgehead atoms. The number of benzene rings is 1. The lowest BCUT2D eigenvalue weighted by Crippen LogP contribution is -2.15. The van der Waals surface area contributed by atoms with E-state index in [2.05, 4.69) is 14.9 Å². The van der Waals surface area contributed by atoms with Crippen molar-refractivity contribution in [3.8, 4) is 0 Å². The zero-order valence-electron chi connectivity index (χ0n) is 15.3. The van der Waals surface area contributed by atoms with Gasteiger partial charge in [0, 0.05) is 18.3 Å². The Hall–Kier alpha value is -2.39. The standard InChI is InChI=1S/C17H19ClFN5O2S/c1-10-16(9-23(4)20-10)27(25,26)22-17-11(2)21-24(12(17)3)8-13-5-6-14(19)7-15(13)18/h5-7,9,22H,8H2,1-4H3. The molecular weight excluding hydrogens is 393 g/mol. The molecular formula is C17H19ClFN5O2S. The predicted octanol–water partition coefficient (Wildman–Crippen LogP) is 3.18. The van der Waals surface area contributed by atoms with E-state index in [1.54, 1.807) is 38.6 Å². The maximum Gasteiger partial charge on any atom is 0.265 e. The van der Waals surface area contributed by atoms with Crippen molar-refractivity contribution in [3.05, 3.63) is 57.9 Å². The van der Waals surface area contributed by atoms with Crippen LogP contribution >= 0.6 is 11.6 Å². The minimum Gasteiger partial charge on any atom is -0.276 e. The SMILES string of the molecule is Cc1nn(C)cc1S(=O)(=O)Nc1c(C)nn(Cc2ccc(F)cc2Cl)c1C. The molecule has 0 unspecified atom stereocenters. The lowest BCUT2D eigenvalue weighted by atomic mass is 10.2. The second-order valence-electron chi connectivity index (χ2n) is 6.30. The molecule has 7 nitrogen and oxygen atoms in total. The highest BCUT2D eigenvalue weighted by molar-refractivity contribution is 7.92. The number of halogens is 2. The highest BCUT2D eigenvalue weighted by Crippen LogP contribution is 2.26. The zero-order valence-corrected chi connectivity index (χ0v) is 16.9.